The van der Waals surface area contributed by atoms with Gasteiger partial charge in [-0.25, -0.2) is 0 Å². The highest BCUT2D eigenvalue weighted by atomic mass is 35.5. The predicted octanol–water partition coefficient (Wildman–Crippen LogP) is 1.08. The number of benzene rings is 1. The maximum atomic E-state index is 12.3. The second-order valence-electron chi connectivity index (χ2n) is 3.50. The largest absolute Gasteiger partial charge is 0.460 e. The maximum absolute atomic E-state index is 12.3. The first-order chi connectivity index (χ1) is 10.4. The number of nitrogens with two attached hydrogens (primary N) is 1. The summed E-state index contributed by atoms with van der Waals surface area (Å²) in [5.41, 5.74) is 5.39. The third kappa shape index (κ3) is 2.99. The number of carbonyl (C=O) groups is 1. The molecule has 1 aliphatic rings. The summed E-state index contributed by atoms with van der Waals surface area (Å²) >= 11 is 5.71. The lowest BCUT2D eigenvalue weighted by Gasteiger charge is -2.09. The molecule has 0 bridgehead atoms. The zero-order valence-corrected chi connectivity index (χ0v) is 10.8. The smallest absolute Gasteiger partial charge is 0.306 e. The number of hydrogen-bond donors (Lipinski definition) is 1. The third-order valence-corrected chi connectivity index (χ3v) is 2.79. The minimum Gasteiger partial charge on any atom is -0.460 e. The SMILES string of the molecule is [2H]C([2H])([2H])S(=O)(=O)OC1=C(N)O[C@@]([2H])(c2ccc(Cl)cc2)C1=O. The molecule has 0 amide bonds. The zero-order chi connectivity index (χ0) is 17.6. The van der Waals surface area contributed by atoms with E-state index in [-0.39, 0.29) is 5.56 Å². The monoisotopic (exact) mass is 307 g/mol. The topological polar surface area (TPSA) is 95.7 Å². The molecule has 0 saturated heterocycles. The summed E-state index contributed by atoms with van der Waals surface area (Å²) in [6, 6.07) is 5.39. The van der Waals surface area contributed by atoms with Crippen molar-refractivity contribution in [1.82, 2.24) is 0 Å². The van der Waals surface area contributed by atoms with E-state index < -0.39 is 39.8 Å². The van der Waals surface area contributed by atoms with E-state index in [1.807, 2.05) is 0 Å². The lowest BCUT2D eigenvalue weighted by Crippen LogP contribution is -2.14. The Hall–Kier alpha value is -1.73. The van der Waals surface area contributed by atoms with Crippen LogP contribution >= 0.6 is 11.6 Å². The number of Topliss-reactive ketones (excluding diaryl/α,β-unsaturated/α-hetero) is 1. The zero-order valence-electron chi connectivity index (χ0n) is 13.2. The van der Waals surface area contributed by atoms with Gasteiger partial charge in [-0.2, -0.15) is 8.42 Å². The van der Waals surface area contributed by atoms with Gasteiger partial charge < -0.3 is 14.7 Å². The minimum absolute atomic E-state index is 0.0136. The number of carbonyl (C=O) groups excluding carboxylic acids is 1. The van der Waals surface area contributed by atoms with Crippen LogP contribution in [0.15, 0.2) is 35.9 Å². The molecule has 0 radical (unpaired) electrons. The molecule has 102 valence electrons. The van der Waals surface area contributed by atoms with Crippen LogP contribution in [0.3, 0.4) is 0 Å². The van der Waals surface area contributed by atoms with Gasteiger partial charge in [-0.05, 0) is 12.1 Å². The van der Waals surface area contributed by atoms with Crippen molar-refractivity contribution in [3.8, 4) is 0 Å². The molecular formula is C11H10ClNO5S. The van der Waals surface area contributed by atoms with Crippen LogP contribution in [0.4, 0.5) is 0 Å². The summed E-state index contributed by atoms with van der Waals surface area (Å²) in [4.78, 5) is 12.3. The van der Waals surface area contributed by atoms with Crippen LogP contribution in [-0.4, -0.2) is 20.4 Å². The van der Waals surface area contributed by atoms with E-state index >= 15 is 0 Å². The van der Waals surface area contributed by atoms with Crippen LogP contribution in [0.2, 0.25) is 5.02 Å². The third-order valence-electron chi connectivity index (χ3n) is 2.15. The quantitative estimate of drug-likeness (QED) is 0.840. The molecule has 6 nitrogen and oxygen atoms in total. The Morgan fingerprint density at radius 3 is 2.68 bits per heavy atom. The van der Waals surface area contributed by atoms with Crippen molar-refractivity contribution in [3.05, 3.63) is 46.5 Å². The van der Waals surface area contributed by atoms with Crippen molar-refractivity contribution in [1.29, 1.82) is 0 Å². The fraction of sp³-hybridized carbons (Fsp3) is 0.182. The molecule has 1 heterocycles. The molecule has 0 saturated carbocycles. The summed E-state index contributed by atoms with van der Waals surface area (Å²) in [5.74, 6) is -3.09. The van der Waals surface area contributed by atoms with E-state index in [0.29, 0.717) is 5.02 Å². The first-order valence-electron chi connectivity index (χ1n) is 6.82. The van der Waals surface area contributed by atoms with Crippen molar-refractivity contribution in [2.45, 2.75) is 6.08 Å². The highest BCUT2D eigenvalue weighted by molar-refractivity contribution is 7.86. The van der Waals surface area contributed by atoms with E-state index in [4.69, 9.17) is 27.6 Å². The predicted molar refractivity (Wildman–Crippen MR) is 67.4 cm³/mol. The normalized spacial score (nSPS) is 27.1. The molecule has 0 aromatic heterocycles. The lowest BCUT2D eigenvalue weighted by atomic mass is 10.1. The number of rotatable bonds is 3. The molecule has 1 aliphatic heterocycles. The molecule has 0 aliphatic carbocycles. The molecule has 1 atom stereocenters. The maximum Gasteiger partial charge on any atom is 0.306 e. The van der Waals surface area contributed by atoms with Gasteiger partial charge in [0, 0.05) is 14.7 Å². The average Bonchev–Trinajstić information content (AvgIpc) is 2.62. The Morgan fingerprint density at radius 1 is 1.47 bits per heavy atom. The highest BCUT2D eigenvalue weighted by Crippen LogP contribution is 2.32. The van der Waals surface area contributed by atoms with Crippen molar-refractivity contribution in [2.75, 3.05) is 6.18 Å². The van der Waals surface area contributed by atoms with Crippen LogP contribution in [0.25, 0.3) is 0 Å². The van der Waals surface area contributed by atoms with Crippen LogP contribution < -0.4 is 5.73 Å². The van der Waals surface area contributed by atoms with Gasteiger partial charge in [0.2, 0.25) is 17.4 Å². The van der Waals surface area contributed by atoms with Gasteiger partial charge >= 0.3 is 10.1 Å². The van der Waals surface area contributed by atoms with Crippen molar-refractivity contribution in [3.63, 3.8) is 0 Å². The van der Waals surface area contributed by atoms with Crippen molar-refractivity contribution < 1.29 is 27.6 Å². The van der Waals surface area contributed by atoms with Gasteiger partial charge in [-0.15, -0.1) is 0 Å². The van der Waals surface area contributed by atoms with Crippen LogP contribution in [-0.2, 0) is 23.8 Å². The summed E-state index contributed by atoms with van der Waals surface area (Å²) in [6.07, 6.45) is -5.91. The average molecular weight is 308 g/mol. The molecule has 2 rings (SSSR count). The Kier molecular flexibility index (Phi) is 2.30. The molecular weight excluding hydrogens is 294 g/mol. The molecule has 8 heteroatoms. The van der Waals surface area contributed by atoms with Gasteiger partial charge in [0.25, 0.3) is 0 Å². The highest BCUT2D eigenvalue weighted by Gasteiger charge is 2.38. The van der Waals surface area contributed by atoms with E-state index in [1.165, 1.54) is 24.3 Å². The second kappa shape index (κ2) is 4.75. The van der Waals surface area contributed by atoms with Crippen molar-refractivity contribution in [2.24, 2.45) is 5.73 Å². The lowest BCUT2D eigenvalue weighted by molar-refractivity contribution is -0.123. The molecule has 19 heavy (non-hydrogen) atoms. The van der Waals surface area contributed by atoms with E-state index in [0.717, 1.165) is 0 Å². The Bertz CT molecular complexity index is 790. The fourth-order valence-corrected chi connectivity index (χ4v) is 1.90. The molecule has 0 fully saturated rings. The Morgan fingerprint density at radius 2 is 2.11 bits per heavy atom. The van der Waals surface area contributed by atoms with Gasteiger partial charge in [0.05, 0.1) is 7.55 Å². The number of ketones is 1. The van der Waals surface area contributed by atoms with Crippen LogP contribution in [0.1, 0.15) is 17.1 Å². The van der Waals surface area contributed by atoms with Gasteiger partial charge in [-0.3, -0.25) is 4.79 Å². The number of halogens is 1. The van der Waals surface area contributed by atoms with Crippen molar-refractivity contribution >= 4 is 27.5 Å². The van der Waals surface area contributed by atoms with Crippen LogP contribution in [0, 0.1) is 0 Å². The molecule has 1 aromatic rings. The number of hydrogen-bond acceptors (Lipinski definition) is 6. The molecule has 1 aromatic carbocycles. The Labute approximate surface area is 120 Å². The van der Waals surface area contributed by atoms with E-state index in [9.17, 15) is 13.2 Å². The second-order valence-corrected chi connectivity index (χ2v) is 5.01. The minimum atomic E-state index is -5.13. The van der Waals surface area contributed by atoms with Gasteiger partial charge in [-0.1, -0.05) is 23.7 Å². The molecule has 0 unspecified atom stereocenters. The fourth-order valence-electron chi connectivity index (χ4n) is 1.40. The first-order valence-corrected chi connectivity index (χ1v) is 6.61. The van der Waals surface area contributed by atoms with E-state index in [1.54, 1.807) is 0 Å². The summed E-state index contributed by atoms with van der Waals surface area (Å²) in [6.45, 7) is 0. The van der Waals surface area contributed by atoms with Gasteiger partial charge in [0.15, 0.2) is 6.08 Å². The molecule has 0 spiro atoms. The molecule has 2 N–H and O–H groups in total. The summed E-state index contributed by atoms with van der Waals surface area (Å²) < 4.78 is 60.9. The Balaban J connectivity index is 2.37. The standard InChI is InChI=1S/C11H10ClNO5S/c1-19(15,16)18-10-8(14)9(17-11(10)13)6-2-4-7(12)5-3-6/h2-5,9H,13H2,1H3/t9-/m0/s1/i1D3,9D. The summed E-state index contributed by atoms with van der Waals surface area (Å²) in [5, 5.41) is 0.338. The van der Waals surface area contributed by atoms with E-state index in [2.05, 4.69) is 4.18 Å². The first kappa shape index (κ1) is 9.22. The summed E-state index contributed by atoms with van der Waals surface area (Å²) in [7, 11) is -5.13. The van der Waals surface area contributed by atoms with Crippen LogP contribution in [0.5, 0.6) is 0 Å². The van der Waals surface area contributed by atoms with Gasteiger partial charge in [0.1, 0.15) is 0 Å². The number of ether oxygens (including phenoxy) is 1.